The molecule has 0 aromatic carbocycles. The minimum Gasteiger partial charge on any atom is -0.291 e. The molecule has 8 heteroatoms. The van der Waals surface area contributed by atoms with Crippen LogP contribution >= 0.6 is 0 Å². The molecule has 0 amide bonds. The fourth-order valence-electron chi connectivity index (χ4n) is 3.06. The molecule has 2 aromatic rings. The van der Waals surface area contributed by atoms with Crippen molar-refractivity contribution in [1.29, 1.82) is 0 Å². The molecule has 1 N–H and O–H groups in total. The second-order valence-electron chi connectivity index (χ2n) is 6.43. The van der Waals surface area contributed by atoms with E-state index in [2.05, 4.69) is 19.7 Å². The van der Waals surface area contributed by atoms with E-state index in [4.69, 9.17) is 0 Å². The van der Waals surface area contributed by atoms with Gasteiger partial charge in [0.2, 0.25) is 10.0 Å². The number of hydrogen-bond donors (Lipinski definition) is 1. The van der Waals surface area contributed by atoms with Crippen LogP contribution in [0.25, 0.3) is 0 Å². The van der Waals surface area contributed by atoms with E-state index in [1.165, 1.54) is 6.26 Å². The molecular weight excluding hydrogens is 326 g/mol. The Labute approximate surface area is 142 Å². The van der Waals surface area contributed by atoms with Crippen molar-refractivity contribution in [3.05, 3.63) is 47.5 Å². The Morgan fingerprint density at radius 1 is 1.29 bits per heavy atom. The van der Waals surface area contributed by atoms with Crippen LogP contribution in [-0.2, 0) is 29.7 Å². The first-order valence-corrected chi connectivity index (χ1v) is 9.88. The van der Waals surface area contributed by atoms with Crippen molar-refractivity contribution in [2.24, 2.45) is 5.92 Å². The third-order valence-corrected chi connectivity index (χ3v) is 4.79. The van der Waals surface area contributed by atoms with Crippen LogP contribution in [0.5, 0.6) is 0 Å². The first kappa shape index (κ1) is 17.1. The molecule has 0 saturated carbocycles. The van der Waals surface area contributed by atoms with Crippen LogP contribution < -0.4 is 4.72 Å². The topological polar surface area (TPSA) is 80.1 Å². The van der Waals surface area contributed by atoms with Crippen LogP contribution in [0.4, 0.5) is 0 Å². The van der Waals surface area contributed by atoms with E-state index in [-0.39, 0.29) is 5.92 Å². The van der Waals surface area contributed by atoms with Crippen LogP contribution in [0, 0.1) is 12.8 Å². The molecular formula is C16H23N5O2S. The maximum absolute atomic E-state index is 11.4. The van der Waals surface area contributed by atoms with Crippen molar-refractivity contribution in [2.75, 3.05) is 19.3 Å². The number of aryl methyl sites for hydroxylation is 1. The molecule has 1 aliphatic heterocycles. The van der Waals surface area contributed by atoms with E-state index >= 15 is 0 Å². The van der Waals surface area contributed by atoms with Crippen molar-refractivity contribution >= 4 is 10.0 Å². The lowest BCUT2D eigenvalue weighted by molar-refractivity contribution is 0.219. The lowest BCUT2D eigenvalue weighted by atomic mass is 10.1. The van der Waals surface area contributed by atoms with Gasteiger partial charge in [-0.1, -0.05) is 6.07 Å². The van der Waals surface area contributed by atoms with Crippen molar-refractivity contribution < 1.29 is 8.42 Å². The molecule has 130 valence electrons. The Morgan fingerprint density at radius 2 is 2.12 bits per heavy atom. The average Bonchev–Trinajstić information content (AvgIpc) is 2.84. The van der Waals surface area contributed by atoms with E-state index < -0.39 is 10.0 Å². The molecule has 7 nitrogen and oxygen atoms in total. The van der Waals surface area contributed by atoms with Crippen LogP contribution in [0.1, 0.15) is 17.1 Å². The Kier molecular flexibility index (Phi) is 4.98. The third kappa shape index (κ3) is 4.62. The summed E-state index contributed by atoms with van der Waals surface area (Å²) in [5.74, 6) is 0.158. The quantitative estimate of drug-likeness (QED) is 0.862. The summed E-state index contributed by atoms with van der Waals surface area (Å²) >= 11 is 0. The first-order valence-electron chi connectivity index (χ1n) is 7.99. The Morgan fingerprint density at radius 3 is 2.88 bits per heavy atom. The maximum atomic E-state index is 11.4. The van der Waals surface area contributed by atoms with Gasteiger partial charge >= 0.3 is 0 Å². The number of nitrogens with zero attached hydrogens (tertiary/aromatic N) is 4. The number of nitrogens with one attached hydrogen (secondary N) is 1. The van der Waals surface area contributed by atoms with Crippen LogP contribution in [0.3, 0.4) is 0 Å². The highest BCUT2D eigenvalue weighted by Gasteiger charge is 2.23. The third-order valence-electron chi connectivity index (χ3n) is 4.10. The van der Waals surface area contributed by atoms with Crippen molar-refractivity contribution in [2.45, 2.75) is 26.6 Å². The maximum Gasteiger partial charge on any atom is 0.208 e. The minimum absolute atomic E-state index is 0.158. The molecule has 0 saturated heterocycles. The molecule has 0 radical (unpaired) electrons. The molecule has 1 aliphatic rings. The van der Waals surface area contributed by atoms with E-state index in [0.717, 1.165) is 36.7 Å². The number of rotatable bonds is 5. The van der Waals surface area contributed by atoms with Gasteiger partial charge in [0.1, 0.15) is 0 Å². The molecule has 2 aromatic heterocycles. The highest BCUT2D eigenvalue weighted by Crippen LogP contribution is 2.17. The van der Waals surface area contributed by atoms with E-state index in [0.29, 0.717) is 13.1 Å². The molecule has 0 aliphatic carbocycles. The predicted octanol–water partition coefficient (Wildman–Crippen LogP) is 0.768. The van der Waals surface area contributed by atoms with Gasteiger partial charge in [-0.15, -0.1) is 0 Å². The fraction of sp³-hybridized carbons (Fsp3) is 0.500. The number of pyridine rings is 1. The number of aromatic nitrogens is 3. The molecule has 0 fully saturated rings. The average molecular weight is 349 g/mol. The van der Waals surface area contributed by atoms with E-state index in [1.807, 2.05) is 35.9 Å². The number of fused-ring (bicyclic) bond motifs is 1. The summed E-state index contributed by atoms with van der Waals surface area (Å²) < 4.78 is 27.4. The molecule has 0 spiro atoms. The number of sulfonamides is 1. The van der Waals surface area contributed by atoms with E-state index in [1.54, 1.807) is 6.20 Å². The zero-order chi connectivity index (χ0) is 17.2. The summed E-state index contributed by atoms with van der Waals surface area (Å²) in [5, 5.41) is 4.36. The minimum atomic E-state index is -3.19. The summed E-state index contributed by atoms with van der Waals surface area (Å²) in [4.78, 5) is 6.88. The summed E-state index contributed by atoms with van der Waals surface area (Å²) in [6.45, 7) is 5.42. The lowest BCUT2D eigenvalue weighted by Gasteiger charge is -2.23. The zero-order valence-corrected chi connectivity index (χ0v) is 14.8. The Hall–Kier alpha value is -1.77. The summed E-state index contributed by atoms with van der Waals surface area (Å²) in [7, 11) is -3.19. The summed E-state index contributed by atoms with van der Waals surface area (Å²) in [5.41, 5.74) is 3.17. The van der Waals surface area contributed by atoms with Gasteiger partial charge < -0.3 is 0 Å². The van der Waals surface area contributed by atoms with Gasteiger partial charge in [-0.3, -0.25) is 14.6 Å². The second kappa shape index (κ2) is 7.00. The zero-order valence-electron chi connectivity index (χ0n) is 14.0. The van der Waals surface area contributed by atoms with Crippen molar-refractivity contribution in [3.8, 4) is 0 Å². The Balaban J connectivity index is 1.76. The fourth-order valence-corrected chi connectivity index (χ4v) is 3.59. The molecule has 3 heterocycles. The smallest absolute Gasteiger partial charge is 0.208 e. The molecule has 1 unspecified atom stereocenters. The number of hydrogen-bond acceptors (Lipinski definition) is 5. The highest BCUT2D eigenvalue weighted by atomic mass is 32.2. The van der Waals surface area contributed by atoms with Crippen molar-refractivity contribution in [3.63, 3.8) is 0 Å². The van der Waals surface area contributed by atoms with Gasteiger partial charge in [0.05, 0.1) is 17.6 Å². The SMILES string of the molecule is Cc1cccc(CN2Cc3ccnn3CC(CNS(C)(=O)=O)C2)n1. The molecule has 3 rings (SSSR count). The normalized spacial score (nSPS) is 19.0. The predicted molar refractivity (Wildman–Crippen MR) is 91.7 cm³/mol. The summed E-state index contributed by atoms with van der Waals surface area (Å²) in [6, 6.07) is 8.05. The van der Waals surface area contributed by atoms with Gasteiger partial charge in [-0.25, -0.2) is 13.1 Å². The van der Waals surface area contributed by atoms with E-state index in [9.17, 15) is 8.42 Å². The lowest BCUT2D eigenvalue weighted by Crippen LogP contribution is -2.36. The first-order chi connectivity index (χ1) is 11.4. The molecule has 1 atom stereocenters. The standard InChI is InChI=1S/C16H23N5O2S/c1-13-4-3-5-15(19-13)11-20-9-14(8-18-24(2,22)23)10-21-16(12-20)6-7-17-21/h3-7,14,18H,8-12H2,1-2H3. The summed E-state index contributed by atoms with van der Waals surface area (Å²) in [6.07, 6.45) is 2.99. The largest absolute Gasteiger partial charge is 0.291 e. The molecule has 24 heavy (non-hydrogen) atoms. The second-order valence-corrected chi connectivity index (χ2v) is 8.26. The monoisotopic (exact) mass is 349 g/mol. The van der Waals surface area contributed by atoms with Crippen LogP contribution in [-0.4, -0.2) is 47.4 Å². The van der Waals surface area contributed by atoms with Gasteiger partial charge in [0, 0.05) is 50.5 Å². The molecule has 0 bridgehead atoms. The van der Waals surface area contributed by atoms with Gasteiger partial charge in [-0.2, -0.15) is 5.10 Å². The van der Waals surface area contributed by atoms with Gasteiger partial charge in [-0.05, 0) is 25.1 Å². The Bertz CT molecular complexity index is 802. The highest BCUT2D eigenvalue weighted by molar-refractivity contribution is 7.88. The van der Waals surface area contributed by atoms with Crippen LogP contribution in [0.15, 0.2) is 30.5 Å². The van der Waals surface area contributed by atoms with Crippen molar-refractivity contribution in [1.82, 2.24) is 24.4 Å². The van der Waals surface area contributed by atoms with Gasteiger partial charge in [0.15, 0.2) is 0 Å². The van der Waals surface area contributed by atoms with Crippen LogP contribution in [0.2, 0.25) is 0 Å². The van der Waals surface area contributed by atoms with Gasteiger partial charge in [0.25, 0.3) is 0 Å².